The summed E-state index contributed by atoms with van der Waals surface area (Å²) in [6.07, 6.45) is 4.50. The molecule has 106 valence electrons. The Labute approximate surface area is 111 Å². The van der Waals surface area contributed by atoms with E-state index in [1.807, 2.05) is 0 Å². The molecule has 1 atom stereocenters. The Kier molecular flexibility index (Phi) is 6.76. The van der Waals surface area contributed by atoms with Crippen LogP contribution in [0.4, 0.5) is 5.82 Å². The van der Waals surface area contributed by atoms with Gasteiger partial charge in [0.1, 0.15) is 5.82 Å². The van der Waals surface area contributed by atoms with Crippen molar-refractivity contribution in [2.24, 2.45) is 11.5 Å². The molecule has 1 unspecified atom stereocenters. The molecule has 0 aliphatic rings. The highest BCUT2D eigenvalue weighted by atomic mass is 16.1. The summed E-state index contributed by atoms with van der Waals surface area (Å²) in [7, 11) is 0. The minimum absolute atomic E-state index is 0.0391. The average molecular weight is 267 g/mol. The molecule has 0 saturated heterocycles. The Bertz CT molecular complexity index is 446. The first-order chi connectivity index (χ1) is 9.17. The second-order valence-electron chi connectivity index (χ2n) is 4.29. The minimum Gasteiger partial charge on any atom is -0.360 e. The number of anilines is 1. The van der Waals surface area contributed by atoms with Crippen LogP contribution in [0.2, 0.25) is 0 Å². The van der Waals surface area contributed by atoms with E-state index >= 15 is 0 Å². The predicted molar refractivity (Wildman–Crippen MR) is 73.9 cm³/mol. The number of carbonyl (C=O) groups excluding carboxylic acids is 1. The van der Waals surface area contributed by atoms with Crippen LogP contribution >= 0.6 is 0 Å². The summed E-state index contributed by atoms with van der Waals surface area (Å²) in [6.45, 7) is 0.824. The van der Waals surface area contributed by atoms with Gasteiger partial charge in [-0.3, -0.25) is 9.78 Å². The number of nitrogens with zero attached hydrogens (tertiary/aromatic N) is 1. The summed E-state index contributed by atoms with van der Waals surface area (Å²) in [5.41, 5.74) is 10.5. The number of ketones is 1. The van der Waals surface area contributed by atoms with Crippen LogP contribution in [0.15, 0.2) is 17.1 Å². The van der Waals surface area contributed by atoms with Crippen LogP contribution < -0.4 is 22.5 Å². The standard InChI is InChI=1S/C12H21N5O2/c13-6-3-1-2-4-10(18)9(8-14)16-11-5-7-15-12(19)17-11/h5,7,9H,1-4,6,8,13-14H2,(H2,15,16,17,19). The zero-order valence-corrected chi connectivity index (χ0v) is 10.9. The van der Waals surface area contributed by atoms with Crippen LogP contribution in [0, 0.1) is 0 Å². The molecule has 0 amide bonds. The first-order valence-corrected chi connectivity index (χ1v) is 6.42. The summed E-state index contributed by atoms with van der Waals surface area (Å²) in [5.74, 6) is 0.489. The van der Waals surface area contributed by atoms with Crippen molar-refractivity contribution in [2.75, 3.05) is 18.4 Å². The number of aromatic amines is 1. The highest BCUT2D eigenvalue weighted by molar-refractivity contribution is 5.86. The molecule has 6 N–H and O–H groups in total. The van der Waals surface area contributed by atoms with Gasteiger partial charge in [-0.1, -0.05) is 6.42 Å². The SMILES string of the molecule is NCCCCCC(=O)C(CN)Nc1ccnc(=O)[nH]1. The van der Waals surface area contributed by atoms with E-state index in [9.17, 15) is 9.59 Å². The molecule has 0 saturated carbocycles. The molecule has 0 fully saturated rings. The maximum atomic E-state index is 11.9. The van der Waals surface area contributed by atoms with Crippen LogP contribution in [0.5, 0.6) is 0 Å². The molecule has 1 rings (SSSR count). The maximum Gasteiger partial charge on any atom is 0.346 e. The van der Waals surface area contributed by atoms with E-state index in [1.165, 1.54) is 6.20 Å². The molecular weight excluding hydrogens is 246 g/mol. The molecule has 0 aliphatic carbocycles. The number of carbonyl (C=O) groups is 1. The Balaban J connectivity index is 2.48. The molecule has 0 aromatic carbocycles. The van der Waals surface area contributed by atoms with Crippen LogP contribution in [-0.2, 0) is 4.79 Å². The fourth-order valence-electron chi connectivity index (χ4n) is 1.71. The lowest BCUT2D eigenvalue weighted by Gasteiger charge is -2.16. The summed E-state index contributed by atoms with van der Waals surface area (Å²) in [4.78, 5) is 29.0. The smallest absolute Gasteiger partial charge is 0.346 e. The second kappa shape index (κ2) is 8.39. The van der Waals surface area contributed by atoms with E-state index in [0.29, 0.717) is 18.8 Å². The molecule has 0 aliphatic heterocycles. The first-order valence-electron chi connectivity index (χ1n) is 6.42. The molecule has 7 heteroatoms. The van der Waals surface area contributed by atoms with E-state index in [0.717, 1.165) is 19.3 Å². The van der Waals surface area contributed by atoms with Gasteiger partial charge in [0.05, 0.1) is 6.04 Å². The molecule has 1 aromatic heterocycles. The summed E-state index contributed by atoms with van der Waals surface area (Å²) >= 11 is 0. The second-order valence-corrected chi connectivity index (χ2v) is 4.29. The Hall–Kier alpha value is -1.73. The fourth-order valence-corrected chi connectivity index (χ4v) is 1.71. The zero-order chi connectivity index (χ0) is 14.1. The largest absolute Gasteiger partial charge is 0.360 e. The maximum absolute atomic E-state index is 11.9. The van der Waals surface area contributed by atoms with Gasteiger partial charge in [0, 0.05) is 19.2 Å². The summed E-state index contributed by atoms with van der Waals surface area (Å²) < 4.78 is 0. The molecular formula is C12H21N5O2. The van der Waals surface area contributed by atoms with Crippen molar-refractivity contribution in [3.8, 4) is 0 Å². The van der Waals surface area contributed by atoms with E-state index < -0.39 is 11.7 Å². The topological polar surface area (TPSA) is 127 Å². The lowest BCUT2D eigenvalue weighted by Crippen LogP contribution is -2.37. The highest BCUT2D eigenvalue weighted by Crippen LogP contribution is 2.06. The lowest BCUT2D eigenvalue weighted by atomic mass is 10.1. The van der Waals surface area contributed by atoms with E-state index in [-0.39, 0.29) is 12.3 Å². The van der Waals surface area contributed by atoms with Crippen molar-refractivity contribution < 1.29 is 4.79 Å². The Morgan fingerprint density at radius 1 is 1.37 bits per heavy atom. The zero-order valence-electron chi connectivity index (χ0n) is 10.9. The molecule has 7 nitrogen and oxygen atoms in total. The van der Waals surface area contributed by atoms with Crippen molar-refractivity contribution in [3.63, 3.8) is 0 Å². The van der Waals surface area contributed by atoms with Crippen LogP contribution in [0.1, 0.15) is 25.7 Å². The monoisotopic (exact) mass is 267 g/mol. The number of rotatable bonds is 9. The van der Waals surface area contributed by atoms with Gasteiger partial charge >= 0.3 is 5.69 Å². The van der Waals surface area contributed by atoms with Gasteiger partial charge in [-0.15, -0.1) is 0 Å². The van der Waals surface area contributed by atoms with Crippen molar-refractivity contribution in [1.82, 2.24) is 9.97 Å². The van der Waals surface area contributed by atoms with Gasteiger partial charge < -0.3 is 16.8 Å². The van der Waals surface area contributed by atoms with Crippen molar-refractivity contribution in [1.29, 1.82) is 0 Å². The summed E-state index contributed by atoms with van der Waals surface area (Å²) in [6, 6.07) is 1.10. The van der Waals surface area contributed by atoms with Gasteiger partial charge in [0.25, 0.3) is 0 Å². The van der Waals surface area contributed by atoms with Crippen molar-refractivity contribution >= 4 is 11.6 Å². The van der Waals surface area contributed by atoms with Gasteiger partial charge in [-0.25, -0.2) is 9.78 Å². The predicted octanol–water partition coefficient (Wildman–Crippen LogP) is -0.403. The first kappa shape index (κ1) is 15.3. The van der Waals surface area contributed by atoms with Crippen LogP contribution in [0.25, 0.3) is 0 Å². The molecule has 1 aromatic rings. The molecule has 0 radical (unpaired) electrons. The van der Waals surface area contributed by atoms with Crippen LogP contribution in [-0.4, -0.2) is 34.9 Å². The molecule has 19 heavy (non-hydrogen) atoms. The normalized spacial score (nSPS) is 12.1. The van der Waals surface area contributed by atoms with Gasteiger partial charge in [0.2, 0.25) is 0 Å². The van der Waals surface area contributed by atoms with Crippen molar-refractivity contribution in [2.45, 2.75) is 31.7 Å². The number of nitrogens with one attached hydrogen (secondary N) is 2. The molecule has 0 bridgehead atoms. The average Bonchev–Trinajstić information content (AvgIpc) is 2.41. The van der Waals surface area contributed by atoms with Crippen LogP contribution in [0.3, 0.4) is 0 Å². The number of H-pyrrole nitrogens is 1. The molecule has 1 heterocycles. The summed E-state index contributed by atoms with van der Waals surface area (Å²) in [5, 5.41) is 2.92. The number of unbranched alkanes of at least 4 members (excludes halogenated alkanes) is 2. The van der Waals surface area contributed by atoms with E-state index in [2.05, 4.69) is 15.3 Å². The lowest BCUT2D eigenvalue weighted by molar-refractivity contribution is -0.119. The van der Waals surface area contributed by atoms with Crippen molar-refractivity contribution in [3.05, 3.63) is 22.7 Å². The third-order valence-corrected chi connectivity index (χ3v) is 2.76. The number of hydrogen-bond acceptors (Lipinski definition) is 6. The minimum atomic E-state index is -0.490. The number of aromatic nitrogens is 2. The van der Waals surface area contributed by atoms with E-state index in [1.54, 1.807) is 6.07 Å². The third-order valence-electron chi connectivity index (χ3n) is 2.76. The molecule has 0 spiro atoms. The quantitative estimate of drug-likeness (QED) is 0.451. The van der Waals surface area contributed by atoms with E-state index in [4.69, 9.17) is 11.5 Å². The number of nitrogens with two attached hydrogens (primary N) is 2. The number of Topliss-reactive ketones (excluding diaryl/α,β-unsaturated/α-hetero) is 1. The van der Waals surface area contributed by atoms with Gasteiger partial charge in [-0.05, 0) is 25.5 Å². The van der Waals surface area contributed by atoms with Gasteiger partial charge in [0.15, 0.2) is 5.78 Å². The Morgan fingerprint density at radius 2 is 2.16 bits per heavy atom. The van der Waals surface area contributed by atoms with Gasteiger partial charge in [-0.2, -0.15) is 0 Å². The highest BCUT2D eigenvalue weighted by Gasteiger charge is 2.16. The Morgan fingerprint density at radius 3 is 2.79 bits per heavy atom. The fraction of sp³-hybridized carbons (Fsp3) is 0.583. The number of hydrogen-bond donors (Lipinski definition) is 4. The third kappa shape index (κ3) is 5.62.